The van der Waals surface area contributed by atoms with E-state index in [1.807, 2.05) is 60.5 Å². The number of methoxy groups -OCH3 is 1. The van der Waals surface area contributed by atoms with Gasteiger partial charge in [0.15, 0.2) is 0 Å². The second-order valence-electron chi connectivity index (χ2n) is 6.69. The van der Waals surface area contributed by atoms with Gasteiger partial charge in [-0.2, -0.15) is 0 Å². The first kappa shape index (κ1) is 20.7. The zero-order valence-corrected chi connectivity index (χ0v) is 16.4. The normalized spacial score (nSPS) is 10.6. The molecule has 0 unspecified atom stereocenters. The summed E-state index contributed by atoms with van der Waals surface area (Å²) in [7, 11) is 3.69. The predicted octanol–water partition coefficient (Wildman–Crippen LogP) is 3.43. The van der Waals surface area contributed by atoms with Crippen LogP contribution in [0, 0.1) is 0 Å². The van der Waals surface area contributed by atoms with Crippen molar-refractivity contribution in [1.29, 1.82) is 0 Å². The van der Waals surface area contributed by atoms with Gasteiger partial charge in [-0.15, -0.1) is 6.58 Å². The zero-order chi connectivity index (χ0) is 19.5. The van der Waals surface area contributed by atoms with Gasteiger partial charge in [-0.05, 0) is 36.7 Å². The lowest BCUT2D eigenvalue weighted by Gasteiger charge is -2.25. The molecule has 0 saturated carbocycles. The van der Waals surface area contributed by atoms with Gasteiger partial charge in [0.2, 0.25) is 5.91 Å². The second kappa shape index (κ2) is 11.2. The number of benzene rings is 2. The Kier molecular flexibility index (Phi) is 8.59. The van der Waals surface area contributed by atoms with Crippen molar-refractivity contribution in [2.45, 2.75) is 12.8 Å². The van der Waals surface area contributed by atoms with Gasteiger partial charge in [0, 0.05) is 26.2 Å². The molecule has 2 aromatic carbocycles. The Labute approximate surface area is 163 Å². The third kappa shape index (κ3) is 7.27. The largest absolute Gasteiger partial charge is 0.497 e. The minimum atomic E-state index is 0.156. The lowest BCUT2D eigenvalue weighted by molar-refractivity contribution is -0.130. The summed E-state index contributed by atoms with van der Waals surface area (Å²) in [5.74, 6) is 0.960. The van der Waals surface area contributed by atoms with E-state index < -0.39 is 0 Å². The Morgan fingerprint density at radius 1 is 1.00 bits per heavy atom. The number of carbonyl (C=O) groups excluding carboxylic acids is 1. The van der Waals surface area contributed by atoms with Gasteiger partial charge in [-0.25, -0.2) is 0 Å². The molecule has 0 saturated heterocycles. The molecule has 0 spiro atoms. The van der Waals surface area contributed by atoms with Crippen LogP contribution in [0.15, 0.2) is 67.3 Å². The van der Waals surface area contributed by atoms with Crippen molar-refractivity contribution < 1.29 is 9.53 Å². The third-order valence-electron chi connectivity index (χ3n) is 4.57. The molecule has 2 aromatic rings. The molecule has 27 heavy (non-hydrogen) atoms. The fourth-order valence-electron chi connectivity index (χ4n) is 2.90. The van der Waals surface area contributed by atoms with Gasteiger partial charge in [0.05, 0.1) is 13.5 Å². The zero-order valence-electron chi connectivity index (χ0n) is 16.4. The van der Waals surface area contributed by atoms with Crippen molar-refractivity contribution in [3.63, 3.8) is 0 Å². The van der Waals surface area contributed by atoms with Crippen LogP contribution in [0.25, 0.3) is 0 Å². The smallest absolute Gasteiger partial charge is 0.227 e. The molecule has 0 aliphatic heterocycles. The van der Waals surface area contributed by atoms with Crippen LogP contribution in [0.1, 0.15) is 11.1 Å². The summed E-state index contributed by atoms with van der Waals surface area (Å²) in [5.41, 5.74) is 2.25. The van der Waals surface area contributed by atoms with E-state index in [4.69, 9.17) is 4.74 Å². The summed E-state index contributed by atoms with van der Waals surface area (Å²) in [6, 6.07) is 18.0. The monoisotopic (exact) mass is 366 g/mol. The highest BCUT2D eigenvalue weighted by atomic mass is 16.5. The van der Waals surface area contributed by atoms with Crippen molar-refractivity contribution in [1.82, 2.24) is 9.80 Å². The molecule has 0 radical (unpaired) electrons. The Hall–Kier alpha value is -2.59. The van der Waals surface area contributed by atoms with Crippen LogP contribution < -0.4 is 4.74 Å². The summed E-state index contributed by atoms with van der Waals surface area (Å²) < 4.78 is 5.19. The molecule has 144 valence electrons. The molecular formula is C23H30N2O2. The Bertz CT molecular complexity index is 698. The highest BCUT2D eigenvalue weighted by molar-refractivity contribution is 5.78. The van der Waals surface area contributed by atoms with Crippen LogP contribution in [0.3, 0.4) is 0 Å². The number of nitrogens with zero attached hydrogens (tertiary/aromatic N) is 2. The van der Waals surface area contributed by atoms with Gasteiger partial charge in [0.1, 0.15) is 5.75 Å². The summed E-state index contributed by atoms with van der Waals surface area (Å²) in [6.07, 6.45) is 3.15. The number of rotatable bonds is 11. The number of hydrogen-bond acceptors (Lipinski definition) is 3. The minimum Gasteiger partial charge on any atom is -0.497 e. The van der Waals surface area contributed by atoms with Crippen LogP contribution in [0.2, 0.25) is 0 Å². The van der Waals surface area contributed by atoms with Crippen LogP contribution in [0.5, 0.6) is 5.75 Å². The van der Waals surface area contributed by atoms with E-state index in [0.717, 1.165) is 37.4 Å². The van der Waals surface area contributed by atoms with E-state index in [-0.39, 0.29) is 5.91 Å². The van der Waals surface area contributed by atoms with Gasteiger partial charge in [0.25, 0.3) is 0 Å². The van der Waals surface area contributed by atoms with Gasteiger partial charge >= 0.3 is 0 Å². The molecule has 0 fully saturated rings. The van der Waals surface area contributed by atoms with Crippen molar-refractivity contribution in [3.8, 4) is 5.75 Å². The van der Waals surface area contributed by atoms with E-state index in [9.17, 15) is 4.79 Å². The van der Waals surface area contributed by atoms with Crippen LogP contribution >= 0.6 is 0 Å². The third-order valence-corrected chi connectivity index (χ3v) is 4.57. The van der Waals surface area contributed by atoms with Gasteiger partial charge in [-0.1, -0.05) is 48.5 Å². The summed E-state index contributed by atoms with van der Waals surface area (Å²) in [4.78, 5) is 17.1. The highest BCUT2D eigenvalue weighted by Gasteiger charge is 2.15. The number of carbonyl (C=O) groups is 1. The summed E-state index contributed by atoms with van der Waals surface area (Å²) in [5, 5.41) is 0. The number of amides is 1. The Morgan fingerprint density at radius 2 is 1.70 bits per heavy atom. The van der Waals surface area contributed by atoms with Crippen LogP contribution in [0.4, 0.5) is 0 Å². The number of hydrogen-bond donors (Lipinski definition) is 0. The average molecular weight is 367 g/mol. The van der Waals surface area contributed by atoms with Crippen molar-refractivity contribution in [2.24, 2.45) is 0 Å². The molecule has 0 aliphatic rings. The maximum absolute atomic E-state index is 12.9. The molecule has 0 heterocycles. The SMILES string of the molecule is C=CCN(C)CCN(CCc1ccccc1)C(=O)Cc1ccc(OC)cc1. The van der Waals surface area contributed by atoms with Crippen molar-refractivity contribution >= 4 is 5.91 Å². The molecule has 0 aromatic heterocycles. The van der Waals surface area contributed by atoms with Gasteiger partial charge < -0.3 is 14.5 Å². The first-order valence-corrected chi connectivity index (χ1v) is 9.36. The fraction of sp³-hybridized carbons (Fsp3) is 0.348. The molecule has 4 nitrogen and oxygen atoms in total. The molecule has 4 heteroatoms. The minimum absolute atomic E-state index is 0.156. The van der Waals surface area contributed by atoms with Crippen LogP contribution in [-0.2, 0) is 17.6 Å². The molecular weight excluding hydrogens is 336 g/mol. The van der Waals surface area contributed by atoms with E-state index in [2.05, 4.69) is 23.6 Å². The fourth-order valence-corrected chi connectivity index (χ4v) is 2.90. The second-order valence-corrected chi connectivity index (χ2v) is 6.69. The molecule has 0 aliphatic carbocycles. The van der Waals surface area contributed by atoms with Gasteiger partial charge in [-0.3, -0.25) is 4.79 Å². The van der Waals surface area contributed by atoms with E-state index in [0.29, 0.717) is 13.0 Å². The molecule has 1 amide bonds. The molecule has 0 N–H and O–H groups in total. The molecule has 0 bridgehead atoms. The van der Waals surface area contributed by atoms with Crippen molar-refractivity contribution in [3.05, 3.63) is 78.4 Å². The predicted molar refractivity (Wildman–Crippen MR) is 111 cm³/mol. The number of ether oxygens (including phenoxy) is 1. The topological polar surface area (TPSA) is 32.8 Å². The Balaban J connectivity index is 1.99. The summed E-state index contributed by atoms with van der Waals surface area (Å²) >= 11 is 0. The van der Waals surface area contributed by atoms with Crippen LogP contribution in [-0.4, -0.2) is 56.0 Å². The first-order chi connectivity index (χ1) is 13.1. The average Bonchev–Trinajstić information content (AvgIpc) is 2.69. The standard InChI is InChI=1S/C23H30N2O2/c1-4-15-24(2)17-18-25(16-14-20-8-6-5-7-9-20)23(26)19-21-10-12-22(27-3)13-11-21/h4-13H,1,14-19H2,2-3H3. The number of likely N-dealkylation sites (N-methyl/N-ethyl adjacent to an activating group) is 1. The van der Waals surface area contributed by atoms with Crippen molar-refractivity contribution in [2.75, 3.05) is 40.3 Å². The Morgan fingerprint density at radius 3 is 2.33 bits per heavy atom. The lowest BCUT2D eigenvalue weighted by Crippen LogP contribution is -2.39. The van der Waals surface area contributed by atoms with E-state index in [1.54, 1.807) is 7.11 Å². The lowest BCUT2D eigenvalue weighted by atomic mass is 10.1. The van der Waals surface area contributed by atoms with E-state index in [1.165, 1.54) is 5.56 Å². The maximum atomic E-state index is 12.9. The molecule has 0 atom stereocenters. The first-order valence-electron chi connectivity index (χ1n) is 9.36. The quantitative estimate of drug-likeness (QED) is 0.571. The van der Waals surface area contributed by atoms with E-state index >= 15 is 0 Å². The summed E-state index contributed by atoms with van der Waals surface area (Å²) in [6.45, 7) is 6.86. The maximum Gasteiger partial charge on any atom is 0.227 e. The molecule has 2 rings (SSSR count). The highest BCUT2D eigenvalue weighted by Crippen LogP contribution is 2.13.